The van der Waals surface area contributed by atoms with Gasteiger partial charge in [-0.2, -0.15) is 0 Å². The number of urea groups is 1. The van der Waals surface area contributed by atoms with Gasteiger partial charge in [0, 0.05) is 26.1 Å². The number of nitrogens with zero attached hydrogens (tertiary/aromatic N) is 4. The van der Waals surface area contributed by atoms with Gasteiger partial charge in [-0.05, 0) is 41.0 Å². The molecule has 248 valence electrons. The van der Waals surface area contributed by atoms with E-state index in [1.54, 1.807) is 34.2 Å². The van der Waals surface area contributed by atoms with Gasteiger partial charge >= 0.3 is 65.1 Å². The summed E-state index contributed by atoms with van der Waals surface area (Å²) in [4.78, 5) is 76.3. The number of hydrogen-bond donors (Lipinski definition) is 2. The van der Waals surface area contributed by atoms with Crippen molar-refractivity contribution < 1.29 is 97.4 Å². The number of fused-ring (bicyclic) bond motifs is 1. The Kier molecular flexibility index (Phi) is 15.4. The molecule has 0 aliphatic carbocycles. The van der Waals surface area contributed by atoms with Gasteiger partial charge < -0.3 is 34.2 Å². The zero-order valence-corrected chi connectivity index (χ0v) is 33.2. The summed E-state index contributed by atoms with van der Waals surface area (Å²) < 4.78 is 9.81. The SMILES string of the molecule is C=CCN1CC(=O)N2[C@@H](Cc3ccc(O[P+]([O-])([O-])O)cc3)C(=O)N(Cc3ccc(OC)c(Cl)c3)C[C@@H]2N1C(=O)NCc1ccccc1.[Na+].[Na+]. The summed E-state index contributed by atoms with van der Waals surface area (Å²) in [5.74, 6) is -0.327. The predicted octanol–water partition coefficient (Wildman–Crippen LogP) is -4.14. The Morgan fingerprint density at radius 3 is 2.35 bits per heavy atom. The third kappa shape index (κ3) is 10.4. The molecule has 17 heteroatoms. The van der Waals surface area contributed by atoms with Crippen LogP contribution in [0.1, 0.15) is 16.7 Å². The Morgan fingerprint density at radius 1 is 1.06 bits per heavy atom. The molecule has 3 aromatic carbocycles. The van der Waals surface area contributed by atoms with Gasteiger partial charge in [0.1, 0.15) is 18.0 Å². The number of ether oxygens (including phenoxy) is 1. The van der Waals surface area contributed by atoms with Crippen molar-refractivity contribution in [1.29, 1.82) is 0 Å². The molecular weight excluding hydrogens is 695 g/mol. The molecule has 0 spiro atoms. The zero-order valence-electron chi connectivity index (χ0n) is 27.5. The molecule has 0 saturated carbocycles. The Bertz CT molecular complexity index is 1620. The minimum atomic E-state index is -5.02. The van der Waals surface area contributed by atoms with E-state index in [4.69, 9.17) is 21.2 Å². The molecule has 2 atom stereocenters. The third-order valence-electron chi connectivity index (χ3n) is 7.83. The summed E-state index contributed by atoms with van der Waals surface area (Å²) >= 11 is 6.38. The van der Waals surface area contributed by atoms with E-state index in [-0.39, 0.29) is 116 Å². The summed E-state index contributed by atoms with van der Waals surface area (Å²) in [6.07, 6.45) is 0.780. The molecule has 0 radical (unpaired) electrons. The largest absolute Gasteiger partial charge is 1.00 e. The number of carbonyl (C=O) groups excluding carboxylic acids is 3. The van der Waals surface area contributed by atoms with Crippen molar-refractivity contribution in [3.8, 4) is 11.5 Å². The molecule has 0 unspecified atom stereocenters. The summed E-state index contributed by atoms with van der Waals surface area (Å²) in [5.41, 5.74) is 2.19. The van der Waals surface area contributed by atoms with E-state index in [2.05, 4.69) is 16.4 Å². The second kappa shape index (κ2) is 18.3. The molecule has 2 aliphatic rings. The van der Waals surface area contributed by atoms with Crippen LogP contribution < -0.4 is 83.5 Å². The standard InChI is InChI=1S/C32H35ClN5O8P.2Na/c1-3-15-36-21-30(39)37-27(17-22-9-12-25(13-10-22)46-47(42,43)44)31(40)35(19-24-11-14-28(45-2)26(33)16-24)20-29(37)38(36)32(41)34-18-23-7-5-4-6-8-23;;/h3-14,16,27,29H,1,15,17-21H2,2H3,(H,34,41)(H2,42,43,44);;/q;2*+1/p-1/t27-,29-;;/m0../s1. The summed E-state index contributed by atoms with van der Waals surface area (Å²) in [6, 6.07) is 18.9. The van der Waals surface area contributed by atoms with Crippen molar-refractivity contribution >= 4 is 37.6 Å². The number of halogens is 1. The number of phosphoric ester groups is 1. The Morgan fingerprint density at radius 2 is 1.73 bits per heavy atom. The van der Waals surface area contributed by atoms with E-state index in [9.17, 15) is 24.2 Å². The van der Waals surface area contributed by atoms with Crippen LogP contribution >= 0.6 is 19.8 Å². The molecule has 2 fully saturated rings. The number of amides is 4. The van der Waals surface area contributed by atoms with Crippen molar-refractivity contribution in [2.45, 2.75) is 31.7 Å². The van der Waals surface area contributed by atoms with E-state index in [1.807, 2.05) is 30.3 Å². The van der Waals surface area contributed by atoms with Crippen LogP contribution in [-0.4, -0.2) is 81.5 Å². The van der Waals surface area contributed by atoms with Gasteiger partial charge in [0.15, 0.2) is 5.75 Å². The Hall–Kier alpha value is -2.23. The fraction of sp³-hybridized carbons (Fsp3) is 0.281. The molecule has 49 heavy (non-hydrogen) atoms. The topological polar surface area (TPSA) is 161 Å². The Balaban J connectivity index is 0.00000325. The van der Waals surface area contributed by atoms with Crippen LogP contribution in [0.25, 0.3) is 0 Å². The molecule has 5 rings (SSSR count). The van der Waals surface area contributed by atoms with Gasteiger partial charge in [0.05, 0.1) is 25.2 Å². The first-order valence-corrected chi connectivity index (χ1v) is 16.6. The molecular formula is C32H34ClN5Na2O8P+. The van der Waals surface area contributed by atoms with Crippen molar-refractivity contribution in [2.75, 3.05) is 26.7 Å². The van der Waals surface area contributed by atoms with Crippen molar-refractivity contribution in [1.82, 2.24) is 25.1 Å². The van der Waals surface area contributed by atoms with E-state index in [1.165, 1.54) is 41.3 Å². The fourth-order valence-corrected chi connectivity index (χ4v) is 6.44. The van der Waals surface area contributed by atoms with E-state index >= 15 is 0 Å². The number of phosphoric acid groups is 1. The maximum absolute atomic E-state index is 14.2. The van der Waals surface area contributed by atoms with Crippen molar-refractivity contribution in [3.05, 3.63) is 107 Å². The Labute approximate surface area is 334 Å². The quantitative estimate of drug-likeness (QED) is 0.114. The number of hydrazine groups is 1. The molecule has 0 bridgehead atoms. The van der Waals surface area contributed by atoms with Crippen molar-refractivity contribution in [3.63, 3.8) is 0 Å². The molecule has 0 aromatic heterocycles. The second-order valence-electron chi connectivity index (χ2n) is 11.0. The van der Waals surface area contributed by atoms with Crippen LogP contribution in [0.15, 0.2) is 85.5 Å². The van der Waals surface area contributed by atoms with Gasteiger partial charge in [-0.1, -0.05) is 66.2 Å². The van der Waals surface area contributed by atoms with Gasteiger partial charge in [0.25, 0.3) is 0 Å². The van der Waals surface area contributed by atoms with Gasteiger partial charge in [0.2, 0.25) is 20.0 Å². The van der Waals surface area contributed by atoms with Crippen LogP contribution in [0.3, 0.4) is 0 Å². The summed E-state index contributed by atoms with van der Waals surface area (Å²) in [7, 11) is -3.51. The van der Waals surface area contributed by atoms with Gasteiger partial charge in [-0.25, -0.2) is 19.7 Å². The fourth-order valence-electron chi connectivity index (χ4n) is 5.77. The predicted molar refractivity (Wildman–Crippen MR) is 170 cm³/mol. The first kappa shape index (κ1) is 41.2. The van der Waals surface area contributed by atoms with Crippen LogP contribution in [0.2, 0.25) is 5.02 Å². The number of hydrogen-bond acceptors (Lipinski definition) is 9. The van der Waals surface area contributed by atoms with Gasteiger partial charge in [-0.3, -0.25) is 9.59 Å². The van der Waals surface area contributed by atoms with E-state index < -0.39 is 26.4 Å². The molecule has 4 amide bonds. The average Bonchev–Trinajstić information content (AvgIpc) is 3.03. The zero-order chi connectivity index (χ0) is 33.7. The number of carbonyl (C=O) groups is 3. The number of methoxy groups -OCH3 is 1. The minimum Gasteiger partial charge on any atom is -0.627 e. The molecule has 2 N–H and O–H groups in total. The third-order valence-corrected chi connectivity index (χ3v) is 8.56. The van der Waals surface area contributed by atoms with E-state index in [0.29, 0.717) is 21.9 Å². The van der Waals surface area contributed by atoms with Crippen LogP contribution in [0.5, 0.6) is 11.5 Å². The molecule has 3 aromatic rings. The second-order valence-corrected chi connectivity index (χ2v) is 12.5. The van der Waals surface area contributed by atoms with Crippen LogP contribution in [0.4, 0.5) is 4.79 Å². The summed E-state index contributed by atoms with van der Waals surface area (Å²) in [5, 5.41) is 6.39. The molecule has 13 nitrogen and oxygen atoms in total. The smallest absolute Gasteiger partial charge is 0.627 e. The maximum Gasteiger partial charge on any atom is 1.00 e. The minimum absolute atomic E-state index is 0. The number of benzene rings is 3. The molecule has 2 heterocycles. The van der Waals surface area contributed by atoms with Crippen LogP contribution in [0, 0.1) is 0 Å². The van der Waals surface area contributed by atoms with Crippen molar-refractivity contribution in [2.24, 2.45) is 0 Å². The first-order chi connectivity index (χ1) is 22.5. The normalized spacial score (nSPS) is 17.8. The maximum atomic E-state index is 14.2. The molecule has 2 aliphatic heterocycles. The number of nitrogens with one attached hydrogen (secondary N) is 1. The van der Waals surface area contributed by atoms with Crippen LogP contribution in [-0.2, 0) is 29.1 Å². The molecule has 2 saturated heterocycles. The number of piperazine rings is 1. The average molecular weight is 729 g/mol. The summed E-state index contributed by atoms with van der Waals surface area (Å²) in [6.45, 7) is 4.24. The number of rotatable bonds is 11. The first-order valence-electron chi connectivity index (χ1n) is 14.7. The van der Waals surface area contributed by atoms with Gasteiger partial charge in [-0.15, -0.1) is 6.58 Å². The monoisotopic (exact) mass is 728 g/mol. The van der Waals surface area contributed by atoms with E-state index in [0.717, 1.165) is 5.56 Å².